The Balaban J connectivity index is 0.00000260. The van der Waals surface area contributed by atoms with E-state index in [-0.39, 0.29) is 22.9 Å². The lowest BCUT2D eigenvalue weighted by Crippen LogP contribution is -2.57. The van der Waals surface area contributed by atoms with Crippen LogP contribution >= 0.6 is 0 Å². The van der Waals surface area contributed by atoms with Crippen LogP contribution in [0.4, 0.5) is 25.8 Å². The van der Waals surface area contributed by atoms with Crippen LogP contribution in [0.15, 0.2) is 96.3 Å². The van der Waals surface area contributed by atoms with E-state index >= 15 is 0 Å². The van der Waals surface area contributed by atoms with Crippen molar-refractivity contribution in [2.24, 2.45) is 5.41 Å². The smallest absolute Gasteiger partial charge is 0.272 e. The van der Waals surface area contributed by atoms with Crippen LogP contribution in [0.1, 0.15) is 73.4 Å². The number of fused-ring (bicyclic) bond motifs is 3. The molecule has 0 saturated carbocycles. The number of aromatic nitrogens is 2. The first-order chi connectivity index (χ1) is 28.6. The number of amides is 3. The lowest BCUT2D eigenvalue weighted by atomic mass is 9.73. The number of hydrogen-bond donors (Lipinski definition) is 4. The topological polar surface area (TPSA) is 123 Å². The number of nitrogens with one attached hydrogen (secondary N) is 4. The Kier molecular flexibility index (Phi) is 12.3. The predicted molar refractivity (Wildman–Crippen MR) is 228 cm³/mol. The number of nitrogens with zero attached hydrogens (tertiary/aromatic N) is 2. The van der Waals surface area contributed by atoms with Gasteiger partial charge in [-0.25, -0.2) is 8.78 Å². The highest BCUT2D eigenvalue weighted by atomic mass is 19.1. The summed E-state index contributed by atoms with van der Waals surface area (Å²) in [4.78, 5) is 51.4. The van der Waals surface area contributed by atoms with Gasteiger partial charge in [0.15, 0.2) is 0 Å². The molecule has 3 aliphatic heterocycles. The largest absolute Gasteiger partial charge is 0.381 e. The van der Waals surface area contributed by atoms with E-state index in [1.54, 1.807) is 47.5 Å². The van der Waals surface area contributed by atoms with Crippen LogP contribution in [0, 0.1) is 17.0 Å². The van der Waals surface area contributed by atoms with Gasteiger partial charge in [0.25, 0.3) is 17.7 Å². The summed E-state index contributed by atoms with van der Waals surface area (Å²) < 4.78 is 34.1. The summed E-state index contributed by atoms with van der Waals surface area (Å²) in [6.07, 6.45) is 9.16. The fourth-order valence-electron chi connectivity index (χ4n) is 8.07. The molecule has 5 aromatic rings. The Morgan fingerprint density at radius 1 is 0.881 bits per heavy atom. The van der Waals surface area contributed by atoms with E-state index in [0.29, 0.717) is 46.9 Å². The van der Waals surface area contributed by atoms with Crippen LogP contribution in [0.5, 0.6) is 0 Å². The number of rotatable bonds is 8. The van der Waals surface area contributed by atoms with Gasteiger partial charge in [0.05, 0.1) is 22.6 Å². The van der Waals surface area contributed by atoms with Crippen molar-refractivity contribution in [3.05, 3.63) is 135 Å². The van der Waals surface area contributed by atoms with Crippen molar-refractivity contribution >= 4 is 46.9 Å². The number of para-hydroxylation sites is 1. The van der Waals surface area contributed by atoms with Gasteiger partial charge in [0.1, 0.15) is 23.0 Å². The van der Waals surface area contributed by atoms with Gasteiger partial charge in [-0.05, 0) is 103 Å². The van der Waals surface area contributed by atoms with Crippen molar-refractivity contribution in [3.8, 4) is 11.4 Å². The standard InChI is InChI=1S/C45H44F2N6O4.C2H6/c1-3-7-29-8-4-5-9-31(29)24-34(28(2)52-26-45(27-52)18-22-57-23-19-45)42(54)49-33-14-12-30(13-15-33)44(56)53-21-17-32-25-37(50-39(32)41-38(53)16-20-48-41)43(55)51-40-35(46)10-6-11-36(40)47;1-2/h4-16,20,24-25,48,50H,3,17-19,21-23,26-27H2,1-2H3,(H,49,54)(H,51,55);1-2H3/b29-7+,31-24-,34-28-;. The molecule has 12 heteroatoms. The average molecular weight is 801 g/mol. The number of halogens is 2. The summed E-state index contributed by atoms with van der Waals surface area (Å²) in [6, 6.07) is 21.7. The summed E-state index contributed by atoms with van der Waals surface area (Å²) >= 11 is 0. The van der Waals surface area contributed by atoms with E-state index in [1.807, 2.05) is 45.0 Å². The Labute approximate surface area is 342 Å². The van der Waals surface area contributed by atoms with Gasteiger partial charge in [0.2, 0.25) is 0 Å². The van der Waals surface area contributed by atoms with Gasteiger partial charge < -0.3 is 35.1 Å². The highest BCUT2D eigenvalue weighted by molar-refractivity contribution is 6.11. The van der Waals surface area contributed by atoms with Gasteiger partial charge in [-0.3, -0.25) is 14.4 Å². The summed E-state index contributed by atoms with van der Waals surface area (Å²) in [5.74, 6) is -2.92. The Bertz CT molecular complexity index is 2490. The minimum absolute atomic E-state index is 0.128. The fourth-order valence-corrected chi connectivity index (χ4v) is 8.07. The quantitative estimate of drug-likeness (QED) is 0.120. The van der Waals surface area contributed by atoms with E-state index in [1.165, 1.54) is 6.07 Å². The number of likely N-dealkylation sites (tertiary alicyclic amines) is 1. The van der Waals surface area contributed by atoms with Gasteiger partial charge in [-0.1, -0.05) is 57.2 Å². The molecular weight excluding hydrogens is 751 g/mol. The van der Waals surface area contributed by atoms with E-state index in [4.69, 9.17) is 4.74 Å². The number of H-pyrrole nitrogens is 2. The molecule has 2 saturated heterocycles. The summed E-state index contributed by atoms with van der Waals surface area (Å²) in [5.41, 5.74) is 4.92. The number of hydrogen-bond acceptors (Lipinski definition) is 5. The molecule has 0 atom stereocenters. The number of ether oxygens (including phenoxy) is 1. The molecule has 2 fully saturated rings. The highest BCUT2D eigenvalue weighted by Gasteiger charge is 2.44. The maximum Gasteiger partial charge on any atom is 0.272 e. The van der Waals surface area contributed by atoms with Crippen molar-refractivity contribution in [2.75, 3.05) is 48.4 Å². The Hall–Kier alpha value is -6.27. The van der Waals surface area contributed by atoms with Crippen LogP contribution in [0.25, 0.3) is 23.5 Å². The lowest BCUT2D eigenvalue weighted by molar-refractivity contribution is -0.112. The summed E-state index contributed by atoms with van der Waals surface area (Å²) in [7, 11) is 0. The third-order valence-corrected chi connectivity index (χ3v) is 11.3. The zero-order valence-electron chi connectivity index (χ0n) is 33.9. The van der Waals surface area contributed by atoms with Crippen molar-refractivity contribution in [1.82, 2.24) is 14.9 Å². The zero-order valence-corrected chi connectivity index (χ0v) is 33.9. The third kappa shape index (κ3) is 8.49. The van der Waals surface area contributed by atoms with E-state index in [0.717, 1.165) is 79.4 Å². The minimum atomic E-state index is -0.878. The molecule has 5 heterocycles. The first-order valence-corrected chi connectivity index (χ1v) is 20.3. The first kappa shape index (κ1) is 40.9. The molecule has 0 aliphatic carbocycles. The molecule has 3 aliphatic rings. The second kappa shape index (κ2) is 17.7. The highest BCUT2D eigenvalue weighted by Crippen LogP contribution is 2.42. The zero-order chi connectivity index (χ0) is 41.7. The van der Waals surface area contributed by atoms with Crippen molar-refractivity contribution in [1.29, 1.82) is 0 Å². The number of aromatic amines is 2. The van der Waals surface area contributed by atoms with Gasteiger partial charge in [0, 0.05) is 61.4 Å². The molecule has 0 radical (unpaired) electrons. The Morgan fingerprint density at radius 3 is 2.27 bits per heavy atom. The van der Waals surface area contributed by atoms with Gasteiger partial charge in [-0.2, -0.15) is 0 Å². The number of benzene rings is 3. The SMILES string of the molecule is CC.CC\C=c1/cccc/c1=C/C(C(=O)Nc1ccc(C(=O)N2CCc3cc(C(=O)Nc4c(F)cccc4F)[nH]c3-c3[nH]ccc32)cc1)=C(\C)N1CC2(CCOCC2)C1. The molecular formula is C47H50F2N6O4. The van der Waals surface area contributed by atoms with E-state index in [2.05, 4.69) is 44.6 Å². The maximum absolute atomic E-state index is 14.2. The molecule has 0 unspecified atom stereocenters. The lowest BCUT2D eigenvalue weighted by Gasteiger charge is -2.54. The maximum atomic E-state index is 14.2. The fraction of sp³-hybridized carbons (Fsp3) is 0.298. The molecule has 1 spiro atoms. The number of allylic oxidation sites excluding steroid dienone is 1. The molecule has 59 heavy (non-hydrogen) atoms. The van der Waals surface area contributed by atoms with Crippen LogP contribution in [-0.2, 0) is 16.0 Å². The number of anilines is 3. The van der Waals surface area contributed by atoms with Crippen molar-refractivity contribution in [3.63, 3.8) is 0 Å². The summed E-state index contributed by atoms with van der Waals surface area (Å²) in [6.45, 7) is 11.7. The van der Waals surface area contributed by atoms with E-state index < -0.39 is 23.2 Å². The van der Waals surface area contributed by atoms with Crippen molar-refractivity contribution < 1.29 is 27.9 Å². The molecule has 3 aromatic carbocycles. The minimum Gasteiger partial charge on any atom is -0.381 e. The predicted octanol–water partition coefficient (Wildman–Crippen LogP) is 7.77. The van der Waals surface area contributed by atoms with Crippen LogP contribution in [0.2, 0.25) is 0 Å². The average Bonchev–Trinajstić information content (AvgIpc) is 3.87. The van der Waals surface area contributed by atoms with E-state index in [9.17, 15) is 23.2 Å². The number of carbonyl (C=O) groups is 3. The summed E-state index contributed by atoms with van der Waals surface area (Å²) in [5, 5.41) is 7.44. The first-order valence-electron chi connectivity index (χ1n) is 20.3. The van der Waals surface area contributed by atoms with Crippen LogP contribution in [0.3, 0.4) is 0 Å². The Morgan fingerprint density at radius 2 is 1.58 bits per heavy atom. The molecule has 10 nitrogen and oxygen atoms in total. The normalized spacial score (nSPS) is 16.5. The number of carbonyl (C=O) groups excluding carboxylic acids is 3. The van der Waals surface area contributed by atoms with Gasteiger partial charge in [-0.15, -0.1) is 0 Å². The molecule has 4 N–H and O–H groups in total. The van der Waals surface area contributed by atoms with Crippen LogP contribution in [-0.4, -0.2) is 65.4 Å². The monoisotopic (exact) mass is 800 g/mol. The second-order valence-electron chi connectivity index (χ2n) is 15.0. The molecule has 3 amide bonds. The van der Waals surface area contributed by atoms with Crippen LogP contribution < -0.4 is 26.0 Å². The molecule has 0 bridgehead atoms. The second-order valence-corrected chi connectivity index (χ2v) is 15.0. The molecule has 8 rings (SSSR count). The third-order valence-electron chi connectivity index (χ3n) is 11.3. The van der Waals surface area contributed by atoms with Crippen molar-refractivity contribution in [2.45, 2.75) is 53.4 Å². The van der Waals surface area contributed by atoms with Gasteiger partial charge >= 0.3 is 0 Å². The molecule has 306 valence electrons. The molecule has 2 aromatic heterocycles.